The van der Waals surface area contributed by atoms with Crippen molar-refractivity contribution in [3.63, 3.8) is 0 Å². The number of fused-ring (bicyclic) bond motifs is 2. The summed E-state index contributed by atoms with van der Waals surface area (Å²) in [6.07, 6.45) is 0. The zero-order valence-corrected chi connectivity index (χ0v) is 19.7. The third-order valence-corrected chi connectivity index (χ3v) is 6.38. The minimum atomic E-state index is -0.674. The quantitative estimate of drug-likeness (QED) is 0.226. The summed E-state index contributed by atoms with van der Waals surface area (Å²) in [5.74, 6) is -1.69. The molecule has 6 rings (SSSR count). The number of aromatic hydroxyl groups is 1. The van der Waals surface area contributed by atoms with E-state index in [1.807, 2.05) is 0 Å². The van der Waals surface area contributed by atoms with Crippen LogP contribution in [0.2, 0.25) is 0 Å². The number of phenols is 1. The van der Waals surface area contributed by atoms with Gasteiger partial charge in [0.1, 0.15) is 17.2 Å². The van der Waals surface area contributed by atoms with Gasteiger partial charge in [-0.15, -0.1) is 0 Å². The van der Waals surface area contributed by atoms with Crippen LogP contribution in [-0.4, -0.2) is 33.7 Å². The molecular weight excluding hydrogens is 506 g/mol. The molecular formula is C28H15N3O8. The van der Waals surface area contributed by atoms with Gasteiger partial charge in [0.25, 0.3) is 29.3 Å². The van der Waals surface area contributed by atoms with Crippen molar-refractivity contribution in [3.8, 4) is 17.2 Å². The molecule has 0 bridgehead atoms. The third-order valence-electron chi connectivity index (χ3n) is 6.38. The molecule has 1 N–H and O–H groups in total. The van der Waals surface area contributed by atoms with Crippen LogP contribution in [0.25, 0.3) is 0 Å². The molecule has 0 saturated carbocycles. The van der Waals surface area contributed by atoms with Crippen molar-refractivity contribution < 1.29 is 33.9 Å². The third kappa shape index (κ3) is 3.76. The van der Waals surface area contributed by atoms with E-state index in [0.29, 0.717) is 11.4 Å². The Labute approximate surface area is 219 Å². The van der Waals surface area contributed by atoms with Crippen molar-refractivity contribution in [1.29, 1.82) is 0 Å². The Morgan fingerprint density at radius 1 is 0.590 bits per heavy atom. The normalized spacial score (nSPS) is 14.1. The predicted molar refractivity (Wildman–Crippen MR) is 136 cm³/mol. The van der Waals surface area contributed by atoms with E-state index in [4.69, 9.17) is 4.74 Å². The summed E-state index contributed by atoms with van der Waals surface area (Å²) < 4.78 is 5.84. The number of amides is 4. The highest BCUT2D eigenvalue weighted by Gasteiger charge is 2.38. The first kappa shape index (κ1) is 23.6. The Morgan fingerprint density at radius 3 is 1.62 bits per heavy atom. The lowest BCUT2D eigenvalue weighted by Crippen LogP contribution is -2.29. The highest BCUT2D eigenvalue weighted by molar-refractivity contribution is 6.35. The fourth-order valence-corrected chi connectivity index (χ4v) is 4.50. The number of benzene rings is 4. The Bertz CT molecular complexity index is 1750. The molecule has 0 atom stereocenters. The smallest absolute Gasteiger partial charge is 0.270 e. The molecule has 11 heteroatoms. The highest BCUT2D eigenvalue weighted by atomic mass is 16.6. The van der Waals surface area contributed by atoms with Crippen LogP contribution in [0, 0.1) is 10.1 Å². The van der Waals surface area contributed by atoms with Gasteiger partial charge in [-0.05, 0) is 72.8 Å². The Kier molecular flexibility index (Phi) is 5.21. The summed E-state index contributed by atoms with van der Waals surface area (Å²) in [6.45, 7) is 0. The number of rotatable bonds is 5. The maximum Gasteiger partial charge on any atom is 0.270 e. The molecule has 4 aromatic rings. The number of phenolic OH excluding ortho intramolecular Hbond substituents is 1. The predicted octanol–water partition coefficient (Wildman–Crippen LogP) is 4.69. The summed E-state index contributed by atoms with van der Waals surface area (Å²) in [6, 6.07) is 19.7. The van der Waals surface area contributed by atoms with Crippen molar-refractivity contribution in [3.05, 3.63) is 117 Å². The number of ether oxygens (including phenoxy) is 1. The van der Waals surface area contributed by atoms with Gasteiger partial charge in [-0.2, -0.15) is 0 Å². The van der Waals surface area contributed by atoms with Crippen LogP contribution in [0.3, 0.4) is 0 Å². The second-order valence-corrected chi connectivity index (χ2v) is 8.70. The number of imide groups is 2. The van der Waals surface area contributed by atoms with Gasteiger partial charge in [0.05, 0.1) is 38.6 Å². The Balaban J connectivity index is 1.22. The lowest BCUT2D eigenvalue weighted by atomic mass is 10.1. The van der Waals surface area contributed by atoms with Crippen molar-refractivity contribution in [2.75, 3.05) is 9.80 Å². The monoisotopic (exact) mass is 521 g/mol. The zero-order valence-electron chi connectivity index (χ0n) is 19.7. The number of non-ortho nitro benzene ring substituents is 1. The molecule has 39 heavy (non-hydrogen) atoms. The first-order chi connectivity index (χ1) is 18.7. The van der Waals surface area contributed by atoms with Crippen molar-refractivity contribution in [2.24, 2.45) is 0 Å². The summed E-state index contributed by atoms with van der Waals surface area (Å²) in [7, 11) is 0. The van der Waals surface area contributed by atoms with E-state index in [0.717, 1.165) is 15.9 Å². The molecule has 4 aromatic carbocycles. The minimum absolute atomic E-state index is 0.00374. The van der Waals surface area contributed by atoms with Crippen LogP contribution in [-0.2, 0) is 0 Å². The molecule has 0 saturated heterocycles. The minimum Gasteiger partial charge on any atom is -0.508 e. The van der Waals surface area contributed by atoms with Gasteiger partial charge in [-0.3, -0.25) is 29.3 Å². The topological polar surface area (TPSA) is 147 Å². The number of nitro benzene ring substituents is 1. The number of hydrogen-bond acceptors (Lipinski definition) is 8. The summed E-state index contributed by atoms with van der Waals surface area (Å²) in [5, 5.41) is 20.5. The summed E-state index contributed by atoms with van der Waals surface area (Å²) in [5.41, 5.74) is 0.665. The second-order valence-electron chi connectivity index (χ2n) is 8.70. The maximum atomic E-state index is 13.0. The highest BCUT2D eigenvalue weighted by Crippen LogP contribution is 2.35. The number of carbonyl (C=O) groups is 4. The van der Waals surface area contributed by atoms with Gasteiger partial charge in [0.2, 0.25) is 0 Å². The SMILES string of the molecule is O=C1c2ccc(Oc3ccc(N4C(=O)c5ccc([N+](=O)[O-])cc5C4=O)cc3)cc2C(=O)N1c1ccc(O)cc1. The van der Waals surface area contributed by atoms with E-state index >= 15 is 0 Å². The van der Waals surface area contributed by atoms with E-state index in [-0.39, 0.29) is 45.1 Å². The van der Waals surface area contributed by atoms with E-state index in [1.54, 1.807) is 0 Å². The van der Waals surface area contributed by atoms with Gasteiger partial charge in [-0.25, -0.2) is 9.80 Å². The van der Waals surface area contributed by atoms with Crippen molar-refractivity contribution in [1.82, 2.24) is 0 Å². The number of anilines is 2. The maximum absolute atomic E-state index is 13.0. The first-order valence-electron chi connectivity index (χ1n) is 11.5. The number of hydrogen-bond donors (Lipinski definition) is 1. The molecule has 2 heterocycles. The second kappa shape index (κ2) is 8.63. The Morgan fingerprint density at radius 2 is 1.05 bits per heavy atom. The van der Waals surface area contributed by atoms with Crippen molar-refractivity contribution >= 4 is 40.7 Å². The van der Waals surface area contributed by atoms with Gasteiger partial charge in [0, 0.05) is 12.1 Å². The van der Waals surface area contributed by atoms with Crippen LogP contribution in [0.5, 0.6) is 17.2 Å². The fourth-order valence-electron chi connectivity index (χ4n) is 4.50. The molecule has 0 aromatic heterocycles. The van der Waals surface area contributed by atoms with Crippen LogP contribution < -0.4 is 14.5 Å². The largest absolute Gasteiger partial charge is 0.508 e. The van der Waals surface area contributed by atoms with Crippen LogP contribution in [0.4, 0.5) is 17.1 Å². The average Bonchev–Trinajstić information content (AvgIpc) is 3.33. The molecule has 4 amide bonds. The Hall–Kier alpha value is -5.84. The molecule has 0 fully saturated rings. The standard InChI is InChI=1S/C28H15N3O8/c32-18-6-1-15(2-7-18)29-26(34)22-12-10-20(14-24(22)28(29)36)39-19-8-3-16(4-9-19)30-25(33)21-11-5-17(31(37)38)13-23(21)27(30)35/h1-14,32H. The molecule has 2 aliphatic rings. The number of nitrogens with zero attached hydrogens (tertiary/aromatic N) is 3. The van der Waals surface area contributed by atoms with Crippen LogP contribution in [0.1, 0.15) is 41.4 Å². The fraction of sp³-hybridized carbons (Fsp3) is 0. The van der Waals surface area contributed by atoms with E-state index in [9.17, 15) is 34.4 Å². The first-order valence-corrected chi connectivity index (χ1v) is 11.5. The number of nitro groups is 1. The van der Waals surface area contributed by atoms with Crippen molar-refractivity contribution in [2.45, 2.75) is 0 Å². The van der Waals surface area contributed by atoms with E-state index < -0.39 is 28.6 Å². The zero-order chi connectivity index (χ0) is 27.4. The molecule has 0 aliphatic carbocycles. The van der Waals surface area contributed by atoms with Gasteiger partial charge >= 0.3 is 0 Å². The van der Waals surface area contributed by atoms with Crippen LogP contribution >= 0.6 is 0 Å². The summed E-state index contributed by atoms with van der Waals surface area (Å²) in [4.78, 5) is 63.8. The number of carbonyl (C=O) groups excluding carboxylic acids is 4. The lowest BCUT2D eigenvalue weighted by Gasteiger charge is -2.14. The molecule has 0 unspecified atom stereocenters. The van der Waals surface area contributed by atoms with Gasteiger partial charge in [0.15, 0.2) is 0 Å². The molecule has 0 spiro atoms. The molecule has 2 aliphatic heterocycles. The van der Waals surface area contributed by atoms with Crippen LogP contribution in [0.15, 0.2) is 84.9 Å². The average molecular weight is 521 g/mol. The molecule has 0 radical (unpaired) electrons. The van der Waals surface area contributed by atoms with Gasteiger partial charge < -0.3 is 9.84 Å². The molecule has 190 valence electrons. The molecule has 11 nitrogen and oxygen atoms in total. The van der Waals surface area contributed by atoms with Gasteiger partial charge in [-0.1, -0.05) is 0 Å². The van der Waals surface area contributed by atoms with E-state index in [2.05, 4.69) is 0 Å². The van der Waals surface area contributed by atoms with E-state index in [1.165, 1.54) is 78.9 Å². The summed E-state index contributed by atoms with van der Waals surface area (Å²) >= 11 is 0. The lowest BCUT2D eigenvalue weighted by molar-refractivity contribution is -0.384.